The minimum atomic E-state index is -0.367. The van der Waals surface area contributed by atoms with Crippen LogP contribution in [-0.2, 0) is 0 Å². The fourth-order valence-corrected chi connectivity index (χ4v) is 1.31. The largest absolute Gasteiger partial charge is 0.493 e. The highest BCUT2D eigenvalue weighted by molar-refractivity contribution is 9.10. The molecule has 0 heterocycles. The van der Waals surface area contributed by atoms with E-state index in [9.17, 15) is 4.39 Å². The van der Waals surface area contributed by atoms with Gasteiger partial charge in [0.1, 0.15) is 17.4 Å². The second kappa shape index (κ2) is 6.32. The molecule has 1 aromatic carbocycles. The number of hydrogen-bond acceptors (Lipinski definition) is 3. The molecule has 0 radical (unpaired) electrons. The summed E-state index contributed by atoms with van der Waals surface area (Å²) >= 11 is 3.05. The summed E-state index contributed by atoms with van der Waals surface area (Å²) in [7, 11) is 0. The Morgan fingerprint density at radius 1 is 1.56 bits per heavy atom. The van der Waals surface area contributed by atoms with Crippen LogP contribution in [0.1, 0.15) is 12.8 Å². The van der Waals surface area contributed by atoms with E-state index in [1.165, 1.54) is 6.07 Å². The van der Waals surface area contributed by atoms with Crippen LogP contribution in [0, 0.1) is 5.82 Å². The maximum Gasteiger partial charge on any atom is 0.141 e. The van der Waals surface area contributed by atoms with Gasteiger partial charge in [0.2, 0.25) is 0 Å². The Labute approximate surface area is 101 Å². The summed E-state index contributed by atoms with van der Waals surface area (Å²) in [6, 6.07) is 4.54. The Bertz CT molecular complexity index is 385. The Morgan fingerprint density at radius 3 is 2.94 bits per heavy atom. The zero-order valence-corrected chi connectivity index (χ0v) is 10.1. The number of nitrogens with zero attached hydrogens (tertiary/aromatic N) is 1. The number of halogens is 2. The molecule has 0 aliphatic heterocycles. The summed E-state index contributed by atoms with van der Waals surface area (Å²) in [6.45, 7) is 0.386. The lowest BCUT2D eigenvalue weighted by Gasteiger charge is -2.06. The lowest BCUT2D eigenvalue weighted by Crippen LogP contribution is -2.12. The van der Waals surface area contributed by atoms with E-state index in [1.807, 2.05) is 0 Å². The predicted molar refractivity (Wildman–Crippen MR) is 62.2 cm³/mol. The maximum atomic E-state index is 13.1. The molecular formula is C10H12BrFN2O2. The topological polar surface area (TPSA) is 67.8 Å². The van der Waals surface area contributed by atoms with Crippen LogP contribution in [0.3, 0.4) is 0 Å². The van der Waals surface area contributed by atoms with Gasteiger partial charge in [-0.15, -0.1) is 0 Å². The van der Waals surface area contributed by atoms with Crippen molar-refractivity contribution in [1.82, 2.24) is 0 Å². The number of oxime groups is 1. The van der Waals surface area contributed by atoms with Crippen LogP contribution in [0.15, 0.2) is 27.8 Å². The molecule has 0 aliphatic rings. The molecule has 0 unspecified atom stereocenters. The summed E-state index contributed by atoms with van der Waals surface area (Å²) in [6.07, 6.45) is 1.04. The number of nitrogens with two attached hydrogens (primary N) is 1. The van der Waals surface area contributed by atoms with Crippen molar-refractivity contribution in [3.8, 4) is 5.75 Å². The minimum Gasteiger partial charge on any atom is -0.493 e. The molecule has 3 N–H and O–H groups in total. The molecule has 0 saturated heterocycles. The van der Waals surface area contributed by atoms with E-state index in [4.69, 9.17) is 15.7 Å². The lowest BCUT2D eigenvalue weighted by molar-refractivity contribution is 0.304. The van der Waals surface area contributed by atoms with Crippen LogP contribution < -0.4 is 10.5 Å². The van der Waals surface area contributed by atoms with Crippen molar-refractivity contribution in [2.24, 2.45) is 10.9 Å². The second-order valence-corrected chi connectivity index (χ2v) is 3.97. The molecule has 0 atom stereocenters. The molecule has 0 fully saturated rings. The van der Waals surface area contributed by atoms with Crippen molar-refractivity contribution in [3.63, 3.8) is 0 Å². The Morgan fingerprint density at radius 2 is 2.31 bits per heavy atom. The van der Waals surface area contributed by atoms with Crippen molar-refractivity contribution in [2.45, 2.75) is 12.8 Å². The van der Waals surface area contributed by atoms with E-state index in [1.54, 1.807) is 12.1 Å². The molecule has 0 aliphatic carbocycles. The van der Waals surface area contributed by atoms with Crippen molar-refractivity contribution in [2.75, 3.05) is 6.61 Å². The molecular weight excluding hydrogens is 279 g/mol. The maximum absolute atomic E-state index is 13.1. The van der Waals surface area contributed by atoms with Gasteiger partial charge in [-0.3, -0.25) is 0 Å². The lowest BCUT2D eigenvalue weighted by atomic mass is 10.3. The van der Waals surface area contributed by atoms with E-state index in [0.29, 0.717) is 29.7 Å². The van der Waals surface area contributed by atoms with Crippen LogP contribution in [0.2, 0.25) is 0 Å². The van der Waals surface area contributed by atoms with Crippen molar-refractivity contribution >= 4 is 21.8 Å². The highest BCUT2D eigenvalue weighted by Gasteiger charge is 2.01. The smallest absolute Gasteiger partial charge is 0.141 e. The molecule has 0 aromatic heterocycles. The quantitative estimate of drug-likeness (QED) is 0.288. The molecule has 16 heavy (non-hydrogen) atoms. The zero-order valence-electron chi connectivity index (χ0n) is 8.49. The van der Waals surface area contributed by atoms with E-state index < -0.39 is 0 Å². The van der Waals surface area contributed by atoms with Crippen molar-refractivity contribution in [1.29, 1.82) is 0 Å². The zero-order chi connectivity index (χ0) is 12.0. The molecule has 1 aromatic rings. The molecule has 0 spiro atoms. The van der Waals surface area contributed by atoms with Gasteiger partial charge in [-0.2, -0.15) is 0 Å². The number of hydrogen-bond donors (Lipinski definition) is 2. The first kappa shape index (κ1) is 12.8. The van der Waals surface area contributed by atoms with Crippen LogP contribution in [0.25, 0.3) is 0 Å². The fourth-order valence-electron chi connectivity index (χ4n) is 1.06. The molecule has 88 valence electrons. The first-order chi connectivity index (χ1) is 7.63. The summed E-state index contributed by atoms with van der Waals surface area (Å²) < 4.78 is 18.8. The molecule has 0 saturated carbocycles. The van der Waals surface area contributed by atoms with Gasteiger partial charge >= 0.3 is 0 Å². The van der Waals surface area contributed by atoms with Gasteiger partial charge in [-0.05, 0) is 34.5 Å². The average molecular weight is 291 g/mol. The summed E-state index contributed by atoms with van der Waals surface area (Å²) in [5, 5.41) is 11.1. The van der Waals surface area contributed by atoms with Gasteiger partial charge in [-0.1, -0.05) is 5.16 Å². The van der Waals surface area contributed by atoms with Crippen LogP contribution in [-0.4, -0.2) is 17.6 Å². The Hall–Kier alpha value is -1.30. The third-order valence-electron chi connectivity index (χ3n) is 1.87. The Balaban J connectivity index is 2.35. The number of ether oxygens (including phenoxy) is 1. The summed E-state index contributed by atoms with van der Waals surface area (Å²) in [5.41, 5.74) is 5.27. The third kappa shape index (κ3) is 4.06. The first-order valence-electron chi connectivity index (χ1n) is 4.67. The predicted octanol–water partition coefficient (Wildman–Crippen LogP) is 2.49. The highest BCUT2D eigenvalue weighted by Crippen LogP contribution is 2.20. The van der Waals surface area contributed by atoms with Gasteiger partial charge < -0.3 is 15.7 Å². The van der Waals surface area contributed by atoms with Crippen molar-refractivity contribution in [3.05, 3.63) is 28.5 Å². The SMILES string of the molecule is NC(CCCOc1ccc(Br)c(F)c1)=NO. The highest BCUT2D eigenvalue weighted by atomic mass is 79.9. The number of benzene rings is 1. The molecule has 0 amide bonds. The first-order valence-corrected chi connectivity index (χ1v) is 5.47. The van der Waals surface area contributed by atoms with Gasteiger partial charge in [0.25, 0.3) is 0 Å². The fraction of sp³-hybridized carbons (Fsp3) is 0.300. The van der Waals surface area contributed by atoms with Crippen LogP contribution >= 0.6 is 15.9 Å². The van der Waals surface area contributed by atoms with E-state index in [-0.39, 0.29) is 11.7 Å². The van der Waals surface area contributed by atoms with Gasteiger partial charge in [0.15, 0.2) is 0 Å². The molecule has 1 rings (SSSR count). The van der Waals surface area contributed by atoms with Gasteiger partial charge in [0.05, 0.1) is 11.1 Å². The molecule has 0 bridgehead atoms. The second-order valence-electron chi connectivity index (χ2n) is 3.12. The summed E-state index contributed by atoms with van der Waals surface area (Å²) in [5.74, 6) is 0.250. The monoisotopic (exact) mass is 290 g/mol. The molecule has 4 nitrogen and oxygen atoms in total. The third-order valence-corrected chi connectivity index (χ3v) is 2.51. The number of amidine groups is 1. The summed E-state index contributed by atoms with van der Waals surface area (Å²) in [4.78, 5) is 0. The molecule has 6 heteroatoms. The van der Waals surface area contributed by atoms with Gasteiger partial charge in [0, 0.05) is 12.5 Å². The Kier molecular flexibility index (Phi) is 5.04. The average Bonchev–Trinajstić information content (AvgIpc) is 2.28. The van der Waals surface area contributed by atoms with E-state index >= 15 is 0 Å². The van der Waals surface area contributed by atoms with E-state index in [0.717, 1.165) is 0 Å². The number of rotatable bonds is 5. The van der Waals surface area contributed by atoms with Crippen molar-refractivity contribution < 1.29 is 14.3 Å². The van der Waals surface area contributed by atoms with Crippen LogP contribution in [0.4, 0.5) is 4.39 Å². The van der Waals surface area contributed by atoms with Crippen LogP contribution in [0.5, 0.6) is 5.75 Å². The van der Waals surface area contributed by atoms with Gasteiger partial charge in [-0.25, -0.2) is 4.39 Å². The van der Waals surface area contributed by atoms with E-state index in [2.05, 4.69) is 21.1 Å². The minimum absolute atomic E-state index is 0.158. The normalized spacial score (nSPS) is 11.5. The standard InChI is InChI=1S/C10H12BrFN2O2/c11-8-4-3-7(6-9(8)12)16-5-1-2-10(13)14-15/h3-4,6,15H,1-2,5H2,(H2,13,14).